The van der Waals surface area contributed by atoms with Gasteiger partial charge in [-0.15, -0.1) is 0 Å². The quantitative estimate of drug-likeness (QED) is 0.421. The molecule has 0 aliphatic heterocycles. The third-order valence-corrected chi connectivity index (χ3v) is 2.82. The number of rotatable bonds is 7. The molecule has 0 fully saturated rings. The maximum Gasteiger partial charge on any atom is 0.331 e. The Balaban J connectivity index is 0.000000501. The second-order valence-corrected chi connectivity index (χ2v) is 4.96. The molecule has 1 aromatic carbocycles. The van der Waals surface area contributed by atoms with Crippen LogP contribution in [0.2, 0.25) is 0 Å². The van der Waals surface area contributed by atoms with E-state index in [1.165, 1.54) is 37.3 Å². The summed E-state index contributed by atoms with van der Waals surface area (Å²) in [6.07, 6.45) is 13.6. The molecule has 1 aromatic rings. The summed E-state index contributed by atoms with van der Waals surface area (Å²) in [4.78, 5) is 20.6. The molecule has 0 amide bonds. The van der Waals surface area contributed by atoms with Crippen LogP contribution in [0.1, 0.15) is 12.5 Å². The van der Waals surface area contributed by atoms with E-state index >= 15 is 0 Å². The highest BCUT2D eigenvalue weighted by molar-refractivity contribution is 5.86. The van der Waals surface area contributed by atoms with Crippen molar-refractivity contribution < 1.29 is 19.8 Å². The van der Waals surface area contributed by atoms with Crippen LogP contribution in [-0.4, -0.2) is 22.2 Å². The molecule has 0 spiro atoms. The summed E-state index contributed by atoms with van der Waals surface area (Å²) in [7, 11) is 0. The zero-order chi connectivity index (χ0) is 20.5. The number of carbonyl (C=O) groups is 2. The Kier molecular flexibility index (Phi) is 12.3. The minimum atomic E-state index is -0.981. The summed E-state index contributed by atoms with van der Waals surface area (Å²) in [5.41, 5.74) is 1.89. The van der Waals surface area contributed by atoms with Crippen molar-refractivity contribution in [1.29, 1.82) is 5.26 Å². The van der Waals surface area contributed by atoms with Crippen molar-refractivity contribution in [2.24, 2.45) is 0 Å². The highest BCUT2D eigenvalue weighted by Crippen LogP contribution is 2.05. The van der Waals surface area contributed by atoms with Crippen LogP contribution in [0.15, 0.2) is 96.7 Å². The predicted molar refractivity (Wildman–Crippen MR) is 107 cm³/mol. The van der Waals surface area contributed by atoms with Gasteiger partial charge in [0.05, 0.1) is 6.07 Å². The number of hydrogen-bond acceptors (Lipinski definition) is 3. The summed E-state index contributed by atoms with van der Waals surface area (Å²) in [6.45, 7) is 4.98. The summed E-state index contributed by atoms with van der Waals surface area (Å²) in [6, 6.07) is 11.5. The Hall–Kier alpha value is -3.91. The fourth-order valence-corrected chi connectivity index (χ4v) is 1.60. The average Bonchev–Trinajstić information content (AvgIpc) is 2.64. The van der Waals surface area contributed by atoms with Crippen molar-refractivity contribution in [2.75, 3.05) is 0 Å². The number of carboxylic acid groups (broad SMARTS) is 2. The van der Waals surface area contributed by atoms with Crippen LogP contribution in [0.5, 0.6) is 0 Å². The molecule has 0 radical (unpaired) electrons. The van der Waals surface area contributed by atoms with E-state index in [4.69, 9.17) is 15.5 Å². The summed E-state index contributed by atoms with van der Waals surface area (Å²) in [5, 5.41) is 25.2. The molecule has 0 unspecified atom stereocenters. The molecule has 0 aromatic heterocycles. The highest BCUT2D eigenvalue weighted by Gasteiger charge is 1.98. The van der Waals surface area contributed by atoms with Crippen molar-refractivity contribution in [3.8, 4) is 6.07 Å². The molecule has 5 nitrogen and oxygen atoms in total. The van der Waals surface area contributed by atoms with Gasteiger partial charge in [0.2, 0.25) is 0 Å². The van der Waals surface area contributed by atoms with Crippen molar-refractivity contribution in [3.63, 3.8) is 0 Å². The zero-order valence-electron chi connectivity index (χ0n) is 14.9. The van der Waals surface area contributed by atoms with Crippen LogP contribution in [0.4, 0.5) is 0 Å². The Morgan fingerprint density at radius 2 is 1.78 bits per heavy atom. The first-order valence-electron chi connectivity index (χ1n) is 7.84. The van der Waals surface area contributed by atoms with Crippen molar-refractivity contribution >= 4 is 18.0 Å². The van der Waals surface area contributed by atoms with Crippen molar-refractivity contribution in [3.05, 3.63) is 102 Å². The fraction of sp³-hybridized carbons (Fsp3) is 0.0455. The molecule has 0 aliphatic carbocycles. The Bertz CT molecular complexity index is 820. The standard InChI is InChI=1S/C11H11NO2.C11H10O2/c1-3-5-10(6-4-7-12)8-9(2)11(13)14;12-11(13)9-5-4-8-10-6-2-1-3-7-10/h3-6,8H,1H2,2H3,(H,13,14);1-9H,(H,12,13). The maximum absolute atomic E-state index is 10.5. The van der Waals surface area contributed by atoms with Gasteiger partial charge >= 0.3 is 11.9 Å². The van der Waals surface area contributed by atoms with Crippen LogP contribution in [0.25, 0.3) is 6.08 Å². The maximum atomic E-state index is 10.5. The lowest BCUT2D eigenvalue weighted by Gasteiger charge is -1.94. The first kappa shape index (κ1) is 23.1. The van der Waals surface area contributed by atoms with E-state index in [0.717, 1.165) is 11.6 Å². The van der Waals surface area contributed by atoms with Gasteiger partial charge in [0, 0.05) is 17.7 Å². The number of nitriles is 1. The van der Waals surface area contributed by atoms with E-state index in [0.29, 0.717) is 5.57 Å². The number of nitrogens with zero attached hydrogens (tertiary/aromatic N) is 1. The highest BCUT2D eigenvalue weighted by atomic mass is 16.4. The molecule has 1 rings (SSSR count). The van der Waals surface area contributed by atoms with E-state index in [1.807, 2.05) is 42.5 Å². The van der Waals surface area contributed by atoms with Crippen LogP contribution < -0.4 is 0 Å². The Morgan fingerprint density at radius 1 is 1.11 bits per heavy atom. The number of aliphatic carboxylic acids is 2. The lowest BCUT2D eigenvalue weighted by atomic mass is 10.1. The smallest absolute Gasteiger partial charge is 0.331 e. The predicted octanol–water partition coefficient (Wildman–Crippen LogP) is 4.55. The molecule has 0 saturated carbocycles. The van der Waals surface area contributed by atoms with Crippen LogP contribution >= 0.6 is 0 Å². The van der Waals surface area contributed by atoms with E-state index < -0.39 is 11.9 Å². The third-order valence-electron chi connectivity index (χ3n) is 2.82. The molecule has 0 heterocycles. The molecular formula is C22H21NO4. The first-order chi connectivity index (χ1) is 12.9. The zero-order valence-corrected chi connectivity index (χ0v) is 14.9. The summed E-state index contributed by atoms with van der Waals surface area (Å²) < 4.78 is 0. The van der Waals surface area contributed by atoms with Gasteiger partial charge in [0.25, 0.3) is 0 Å². The second-order valence-electron chi connectivity index (χ2n) is 4.96. The van der Waals surface area contributed by atoms with E-state index in [1.54, 1.807) is 12.2 Å². The van der Waals surface area contributed by atoms with Crippen LogP contribution in [0.3, 0.4) is 0 Å². The van der Waals surface area contributed by atoms with E-state index in [2.05, 4.69) is 6.58 Å². The van der Waals surface area contributed by atoms with Gasteiger partial charge in [-0.3, -0.25) is 0 Å². The normalized spacial score (nSPS) is 11.9. The van der Waals surface area contributed by atoms with E-state index in [-0.39, 0.29) is 5.57 Å². The van der Waals surface area contributed by atoms with Crippen LogP contribution in [0, 0.1) is 11.3 Å². The Morgan fingerprint density at radius 3 is 2.30 bits per heavy atom. The molecule has 0 saturated heterocycles. The van der Waals surface area contributed by atoms with Gasteiger partial charge in [-0.25, -0.2) is 9.59 Å². The van der Waals surface area contributed by atoms with E-state index in [9.17, 15) is 9.59 Å². The lowest BCUT2D eigenvalue weighted by Crippen LogP contribution is -1.95. The van der Waals surface area contributed by atoms with Crippen LogP contribution in [-0.2, 0) is 9.59 Å². The molecule has 0 aliphatic rings. The summed E-state index contributed by atoms with van der Waals surface area (Å²) in [5.74, 6) is -1.91. The molecule has 27 heavy (non-hydrogen) atoms. The monoisotopic (exact) mass is 363 g/mol. The molecule has 0 bridgehead atoms. The largest absolute Gasteiger partial charge is 0.478 e. The number of allylic oxidation sites excluding steroid dienone is 8. The molecule has 5 heteroatoms. The van der Waals surface area contributed by atoms with Gasteiger partial charge in [-0.1, -0.05) is 67.3 Å². The van der Waals surface area contributed by atoms with Crippen molar-refractivity contribution in [2.45, 2.75) is 6.92 Å². The molecule has 138 valence electrons. The lowest BCUT2D eigenvalue weighted by molar-refractivity contribution is -0.133. The summed E-state index contributed by atoms with van der Waals surface area (Å²) >= 11 is 0. The van der Waals surface area contributed by atoms with Gasteiger partial charge in [-0.05, 0) is 30.2 Å². The number of carboxylic acids is 2. The van der Waals surface area contributed by atoms with Crippen molar-refractivity contribution in [1.82, 2.24) is 0 Å². The number of hydrogen-bond donors (Lipinski definition) is 2. The molecule has 2 N–H and O–H groups in total. The van der Waals surface area contributed by atoms with Gasteiger partial charge in [0.15, 0.2) is 0 Å². The topological polar surface area (TPSA) is 98.4 Å². The van der Waals surface area contributed by atoms with Gasteiger partial charge in [-0.2, -0.15) is 5.26 Å². The number of benzene rings is 1. The Labute approximate surface area is 158 Å². The van der Waals surface area contributed by atoms with Gasteiger partial charge < -0.3 is 10.2 Å². The fourth-order valence-electron chi connectivity index (χ4n) is 1.60. The molecular weight excluding hydrogens is 342 g/mol. The molecule has 0 atom stereocenters. The minimum Gasteiger partial charge on any atom is -0.478 e. The SMILES string of the molecule is C=CC=C(C=CC#N)C=C(C)C(=O)O.O=C(O)C=CC=Cc1ccccc1. The second kappa shape index (κ2) is 14.4. The average molecular weight is 363 g/mol. The minimum absolute atomic E-state index is 0.209. The first-order valence-corrected chi connectivity index (χ1v) is 7.84. The third kappa shape index (κ3) is 13.1. The van der Waals surface area contributed by atoms with Gasteiger partial charge in [0.1, 0.15) is 0 Å².